The largest absolute Gasteiger partial charge is 0.383 e. The van der Waals surface area contributed by atoms with Crippen LogP contribution in [0.15, 0.2) is 42.5 Å². The monoisotopic (exact) mass is 458 g/mol. The van der Waals surface area contributed by atoms with E-state index in [0.717, 1.165) is 22.3 Å². The number of carbonyl (C=O) groups is 2. The lowest BCUT2D eigenvalue weighted by molar-refractivity contribution is -0.387. The molecule has 11 heteroatoms. The molecule has 2 amide bonds. The number of anilines is 2. The summed E-state index contributed by atoms with van der Waals surface area (Å²) in [6, 6.07) is 10.8. The Balaban J connectivity index is 1.59. The number of methoxy groups -OCH3 is 1. The zero-order chi connectivity index (χ0) is 22.8. The number of ether oxygens (including phenoxy) is 1. The lowest BCUT2D eigenvalue weighted by atomic mass is 10.1. The fraction of sp³-hybridized carbons (Fsp3) is 0.286. The van der Waals surface area contributed by atoms with Gasteiger partial charge in [-0.1, -0.05) is 23.5 Å². The Labute approximate surface area is 186 Å². The van der Waals surface area contributed by atoms with Crippen LogP contribution in [-0.2, 0) is 14.3 Å². The molecule has 1 unspecified atom stereocenters. The minimum absolute atomic E-state index is 0.0365. The summed E-state index contributed by atoms with van der Waals surface area (Å²) < 4.78 is 19.8. The molecule has 0 radical (unpaired) electrons. The lowest BCUT2D eigenvalue weighted by Crippen LogP contribution is -2.39. The number of halogens is 1. The first-order valence-corrected chi connectivity index (χ1v) is 10.6. The molecule has 2 heterocycles. The standard InChI is InChI=1S/C21H19FN4O5S/c1-31-9-8-24(21-23-16-4-2-3-5-18(16)32-21)20(28)13-10-19(27)25(12-13)14-6-7-15(22)17(11-14)26(29)30/h2-7,11,13H,8-10,12H2,1H3. The van der Waals surface area contributed by atoms with Gasteiger partial charge in [0.1, 0.15) is 0 Å². The van der Waals surface area contributed by atoms with Crippen LogP contribution in [0.5, 0.6) is 0 Å². The van der Waals surface area contributed by atoms with Gasteiger partial charge < -0.3 is 9.64 Å². The zero-order valence-corrected chi connectivity index (χ0v) is 17.9. The van der Waals surface area contributed by atoms with Crippen molar-refractivity contribution in [2.24, 2.45) is 5.92 Å². The Kier molecular flexibility index (Phi) is 6.10. The molecule has 0 saturated carbocycles. The number of nitro groups is 1. The van der Waals surface area contributed by atoms with Gasteiger partial charge in [0.05, 0.1) is 39.9 Å². The third kappa shape index (κ3) is 4.16. The van der Waals surface area contributed by atoms with E-state index in [-0.39, 0.29) is 43.6 Å². The van der Waals surface area contributed by atoms with E-state index in [4.69, 9.17) is 4.74 Å². The van der Waals surface area contributed by atoms with E-state index >= 15 is 0 Å². The first-order valence-electron chi connectivity index (χ1n) is 9.79. The number of fused-ring (bicyclic) bond motifs is 1. The quantitative estimate of drug-likeness (QED) is 0.397. The molecule has 1 atom stereocenters. The molecule has 1 aliphatic rings. The first-order chi connectivity index (χ1) is 15.4. The number of para-hydroxylation sites is 1. The number of hydrogen-bond acceptors (Lipinski definition) is 7. The van der Waals surface area contributed by atoms with Gasteiger partial charge in [0.25, 0.3) is 0 Å². The number of nitro benzene ring substituents is 1. The maximum Gasteiger partial charge on any atom is 0.306 e. The van der Waals surface area contributed by atoms with Crippen molar-refractivity contribution in [1.82, 2.24) is 4.98 Å². The van der Waals surface area contributed by atoms with Crippen LogP contribution in [0.4, 0.5) is 20.9 Å². The summed E-state index contributed by atoms with van der Waals surface area (Å²) in [5.74, 6) is -2.30. The smallest absolute Gasteiger partial charge is 0.306 e. The summed E-state index contributed by atoms with van der Waals surface area (Å²) >= 11 is 1.37. The molecule has 4 rings (SSSR count). The van der Waals surface area contributed by atoms with Crippen LogP contribution in [0.1, 0.15) is 6.42 Å². The number of benzene rings is 2. The fourth-order valence-electron chi connectivity index (χ4n) is 3.61. The molecule has 2 aromatic carbocycles. The molecular formula is C21H19FN4O5S. The number of rotatable bonds is 7. The van der Waals surface area contributed by atoms with Gasteiger partial charge in [0.15, 0.2) is 5.13 Å². The highest BCUT2D eigenvalue weighted by atomic mass is 32.1. The van der Waals surface area contributed by atoms with Crippen LogP contribution in [0, 0.1) is 21.8 Å². The Hall–Kier alpha value is -3.44. The molecule has 0 aliphatic carbocycles. The highest BCUT2D eigenvalue weighted by Crippen LogP contribution is 2.33. The Morgan fingerprint density at radius 1 is 1.38 bits per heavy atom. The molecule has 1 saturated heterocycles. The van der Waals surface area contributed by atoms with Crippen molar-refractivity contribution in [3.05, 3.63) is 58.4 Å². The molecule has 0 N–H and O–H groups in total. The van der Waals surface area contributed by atoms with Crippen molar-refractivity contribution in [1.29, 1.82) is 0 Å². The van der Waals surface area contributed by atoms with E-state index in [1.807, 2.05) is 24.3 Å². The summed E-state index contributed by atoms with van der Waals surface area (Å²) in [6.07, 6.45) is -0.0572. The van der Waals surface area contributed by atoms with E-state index in [0.29, 0.717) is 5.13 Å². The highest BCUT2D eigenvalue weighted by Gasteiger charge is 2.38. The van der Waals surface area contributed by atoms with Gasteiger partial charge in [-0.25, -0.2) is 4.98 Å². The SMILES string of the molecule is COCCN(C(=O)C1CC(=O)N(c2ccc(F)c([N+](=O)[O-])c2)C1)c1nc2ccccc2s1. The van der Waals surface area contributed by atoms with Gasteiger partial charge in [-0.05, 0) is 24.3 Å². The average Bonchev–Trinajstić information content (AvgIpc) is 3.37. The second-order valence-electron chi connectivity index (χ2n) is 7.25. The molecule has 0 bridgehead atoms. The molecule has 32 heavy (non-hydrogen) atoms. The highest BCUT2D eigenvalue weighted by molar-refractivity contribution is 7.22. The Morgan fingerprint density at radius 3 is 2.88 bits per heavy atom. The van der Waals surface area contributed by atoms with E-state index in [1.54, 1.807) is 0 Å². The van der Waals surface area contributed by atoms with Gasteiger partial charge in [-0.15, -0.1) is 0 Å². The summed E-state index contributed by atoms with van der Waals surface area (Å²) in [5.41, 5.74) is 0.230. The van der Waals surface area contributed by atoms with Gasteiger partial charge in [0, 0.05) is 26.1 Å². The normalized spacial score (nSPS) is 16.0. The van der Waals surface area contributed by atoms with E-state index in [9.17, 15) is 24.1 Å². The minimum Gasteiger partial charge on any atom is -0.383 e. The van der Waals surface area contributed by atoms with Crippen molar-refractivity contribution >= 4 is 49.9 Å². The van der Waals surface area contributed by atoms with Crippen LogP contribution in [0.25, 0.3) is 10.2 Å². The van der Waals surface area contributed by atoms with Crippen LogP contribution in [0.2, 0.25) is 0 Å². The van der Waals surface area contributed by atoms with Gasteiger partial charge in [-0.3, -0.25) is 24.6 Å². The van der Waals surface area contributed by atoms with E-state index in [2.05, 4.69) is 4.98 Å². The maximum atomic E-state index is 13.7. The minimum atomic E-state index is -0.986. The number of nitrogens with zero attached hydrogens (tertiary/aromatic N) is 4. The summed E-state index contributed by atoms with van der Waals surface area (Å²) in [4.78, 5) is 43.5. The molecule has 0 spiro atoms. The molecule has 166 valence electrons. The topological polar surface area (TPSA) is 106 Å². The van der Waals surface area contributed by atoms with E-state index < -0.39 is 22.3 Å². The molecule has 3 aromatic rings. The van der Waals surface area contributed by atoms with Crippen molar-refractivity contribution in [2.75, 3.05) is 36.6 Å². The predicted octanol–water partition coefficient (Wildman–Crippen LogP) is 3.38. The Morgan fingerprint density at radius 2 is 2.16 bits per heavy atom. The predicted molar refractivity (Wildman–Crippen MR) is 117 cm³/mol. The number of carbonyl (C=O) groups excluding carboxylic acids is 2. The molecular weight excluding hydrogens is 439 g/mol. The first kappa shape index (κ1) is 21.8. The zero-order valence-electron chi connectivity index (χ0n) is 17.1. The Bertz CT molecular complexity index is 1170. The molecule has 1 fully saturated rings. The number of hydrogen-bond donors (Lipinski definition) is 0. The van der Waals surface area contributed by atoms with Crippen LogP contribution < -0.4 is 9.80 Å². The van der Waals surface area contributed by atoms with E-state index in [1.165, 1.54) is 34.3 Å². The maximum absolute atomic E-state index is 13.7. The van der Waals surface area contributed by atoms with Gasteiger partial charge in [0.2, 0.25) is 17.6 Å². The van der Waals surface area contributed by atoms with Gasteiger partial charge >= 0.3 is 5.69 Å². The number of aromatic nitrogens is 1. The third-order valence-corrected chi connectivity index (χ3v) is 6.27. The number of amides is 2. The van der Waals surface area contributed by atoms with Crippen molar-refractivity contribution < 1.29 is 23.6 Å². The summed E-state index contributed by atoms with van der Waals surface area (Å²) in [5, 5.41) is 11.6. The van der Waals surface area contributed by atoms with Crippen molar-refractivity contribution in [3.8, 4) is 0 Å². The summed E-state index contributed by atoms with van der Waals surface area (Å²) in [7, 11) is 1.53. The molecule has 9 nitrogen and oxygen atoms in total. The second-order valence-corrected chi connectivity index (χ2v) is 8.25. The average molecular weight is 458 g/mol. The van der Waals surface area contributed by atoms with Crippen molar-refractivity contribution in [2.45, 2.75) is 6.42 Å². The lowest BCUT2D eigenvalue weighted by Gasteiger charge is -2.23. The van der Waals surface area contributed by atoms with Crippen LogP contribution >= 0.6 is 11.3 Å². The summed E-state index contributed by atoms with van der Waals surface area (Å²) in [6.45, 7) is 0.590. The fourth-order valence-corrected chi connectivity index (χ4v) is 4.61. The third-order valence-electron chi connectivity index (χ3n) is 5.21. The van der Waals surface area contributed by atoms with Crippen molar-refractivity contribution in [3.63, 3.8) is 0 Å². The molecule has 1 aromatic heterocycles. The van der Waals surface area contributed by atoms with Crippen LogP contribution in [0.3, 0.4) is 0 Å². The molecule has 1 aliphatic heterocycles. The second kappa shape index (κ2) is 8.97. The number of thiazole rings is 1. The van der Waals surface area contributed by atoms with Crippen LogP contribution in [-0.4, -0.2) is 48.5 Å². The van der Waals surface area contributed by atoms with Gasteiger partial charge in [-0.2, -0.15) is 4.39 Å².